The monoisotopic (exact) mass is 364 g/mol. The molecule has 0 spiro atoms. The lowest BCUT2D eigenvalue weighted by Gasteiger charge is -2.03. The number of aromatic nitrogens is 1. The van der Waals surface area contributed by atoms with Gasteiger partial charge in [0.15, 0.2) is 6.29 Å². The second-order valence-electron chi connectivity index (χ2n) is 4.52. The topological polar surface area (TPSA) is 70.2 Å². The van der Waals surface area contributed by atoms with Crippen LogP contribution in [0.25, 0.3) is 17.0 Å². The van der Waals surface area contributed by atoms with Gasteiger partial charge in [0.2, 0.25) is 0 Å². The highest BCUT2D eigenvalue weighted by Crippen LogP contribution is 2.34. The number of hydrogen-bond acceptors (Lipinski definition) is 4. The SMILES string of the molecule is CN1C(=O)S/C(=C\c2cc3c(C=O)c[nH]c3cc2Br)C1=O. The molecule has 0 aliphatic carbocycles. The Balaban J connectivity index is 2.12. The largest absolute Gasteiger partial charge is 0.360 e. The number of benzene rings is 1. The van der Waals surface area contributed by atoms with E-state index in [0.717, 1.165) is 43.9 Å². The highest BCUT2D eigenvalue weighted by molar-refractivity contribution is 9.10. The molecule has 3 rings (SSSR count). The van der Waals surface area contributed by atoms with Crippen LogP contribution in [-0.4, -0.2) is 34.4 Å². The molecule has 21 heavy (non-hydrogen) atoms. The van der Waals surface area contributed by atoms with E-state index < -0.39 is 0 Å². The minimum absolute atomic E-state index is 0.293. The molecule has 2 amide bonds. The molecule has 1 fully saturated rings. The molecule has 7 heteroatoms. The molecule has 106 valence electrons. The van der Waals surface area contributed by atoms with Gasteiger partial charge in [-0.1, -0.05) is 15.9 Å². The highest BCUT2D eigenvalue weighted by Gasteiger charge is 2.31. The Morgan fingerprint density at radius 2 is 2.05 bits per heavy atom. The van der Waals surface area contributed by atoms with Gasteiger partial charge >= 0.3 is 0 Å². The number of aromatic amines is 1. The zero-order chi connectivity index (χ0) is 15.1. The van der Waals surface area contributed by atoms with E-state index in [4.69, 9.17) is 0 Å². The fourth-order valence-electron chi connectivity index (χ4n) is 2.08. The minimum Gasteiger partial charge on any atom is -0.360 e. The first-order chi connectivity index (χ1) is 10.0. The van der Waals surface area contributed by atoms with Gasteiger partial charge in [-0.3, -0.25) is 19.3 Å². The zero-order valence-corrected chi connectivity index (χ0v) is 13.2. The third-order valence-electron chi connectivity index (χ3n) is 3.23. The maximum Gasteiger partial charge on any atom is 0.293 e. The lowest BCUT2D eigenvalue weighted by molar-refractivity contribution is -0.121. The van der Waals surface area contributed by atoms with E-state index in [9.17, 15) is 14.4 Å². The summed E-state index contributed by atoms with van der Waals surface area (Å²) in [4.78, 5) is 38.9. The van der Waals surface area contributed by atoms with Crippen molar-refractivity contribution in [1.82, 2.24) is 9.88 Å². The number of carbonyl (C=O) groups excluding carboxylic acids is 3. The van der Waals surface area contributed by atoms with Gasteiger partial charge in [-0.15, -0.1) is 0 Å². The van der Waals surface area contributed by atoms with Crippen LogP contribution in [-0.2, 0) is 4.79 Å². The van der Waals surface area contributed by atoms with Crippen LogP contribution in [0.4, 0.5) is 4.79 Å². The molecule has 1 aliphatic rings. The molecule has 1 saturated heterocycles. The number of nitrogens with one attached hydrogen (secondary N) is 1. The number of fused-ring (bicyclic) bond motifs is 1. The number of likely N-dealkylation sites (N-methyl/N-ethyl adjacent to an activating group) is 1. The van der Waals surface area contributed by atoms with Crippen molar-refractivity contribution in [3.63, 3.8) is 0 Å². The number of halogens is 1. The van der Waals surface area contributed by atoms with Gasteiger partial charge < -0.3 is 4.98 Å². The average molecular weight is 365 g/mol. The standard InChI is InChI=1S/C14H9BrN2O3S/c1-17-13(19)12(21-14(17)20)3-7-2-9-8(6-18)5-16-11(9)4-10(7)15/h2-6,16H,1H3/b12-3-. The van der Waals surface area contributed by atoms with Crippen LogP contribution in [0, 0.1) is 0 Å². The molecule has 0 unspecified atom stereocenters. The fourth-order valence-corrected chi connectivity index (χ4v) is 3.35. The summed E-state index contributed by atoms with van der Waals surface area (Å²) >= 11 is 4.34. The maximum atomic E-state index is 11.9. The number of rotatable bonds is 2. The Labute approximate surface area is 132 Å². The predicted molar refractivity (Wildman–Crippen MR) is 85.1 cm³/mol. The number of thioether (sulfide) groups is 1. The van der Waals surface area contributed by atoms with Crippen molar-refractivity contribution < 1.29 is 14.4 Å². The molecule has 1 aromatic heterocycles. The van der Waals surface area contributed by atoms with Crippen molar-refractivity contribution in [3.05, 3.63) is 38.8 Å². The summed E-state index contributed by atoms with van der Waals surface area (Å²) in [5.74, 6) is -0.318. The second kappa shape index (κ2) is 5.16. The van der Waals surface area contributed by atoms with Crippen molar-refractivity contribution >= 4 is 62.1 Å². The van der Waals surface area contributed by atoms with E-state index in [1.807, 2.05) is 12.1 Å². The van der Waals surface area contributed by atoms with Gasteiger partial charge in [-0.25, -0.2) is 0 Å². The molecule has 2 aromatic rings. The van der Waals surface area contributed by atoms with E-state index in [0.29, 0.717) is 10.5 Å². The molecule has 0 atom stereocenters. The molecular weight excluding hydrogens is 356 g/mol. The van der Waals surface area contributed by atoms with E-state index in [1.165, 1.54) is 7.05 Å². The van der Waals surface area contributed by atoms with Crippen LogP contribution in [0.1, 0.15) is 15.9 Å². The third kappa shape index (κ3) is 2.32. The van der Waals surface area contributed by atoms with Gasteiger partial charge in [-0.2, -0.15) is 0 Å². The lowest BCUT2D eigenvalue weighted by atomic mass is 10.1. The first kappa shape index (κ1) is 14.1. The van der Waals surface area contributed by atoms with Crippen LogP contribution in [0.3, 0.4) is 0 Å². The quantitative estimate of drug-likeness (QED) is 0.654. The number of aldehydes is 1. The predicted octanol–water partition coefficient (Wildman–Crippen LogP) is 3.41. The van der Waals surface area contributed by atoms with Crippen LogP contribution in [0.2, 0.25) is 0 Å². The number of carbonyl (C=O) groups is 3. The van der Waals surface area contributed by atoms with Crippen molar-refractivity contribution in [2.75, 3.05) is 7.05 Å². The Morgan fingerprint density at radius 3 is 2.67 bits per heavy atom. The lowest BCUT2D eigenvalue weighted by Crippen LogP contribution is -2.22. The maximum absolute atomic E-state index is 11.9. The molecular formula is C14H9BrN2O3S. The molecule has 0 bridgehead atoms. The van der Waals surface area contributed by atoms with Crippen LogP contribution < -0.4 is 0 Å². The fraction of sp³-hybridized carbons (Fsp3) is 0.0714. The molecule has 5 nitrogen and oxygen atoms in total. The average Bonchev–Trinajstić information content (AvgIpc) is 2.96. The van der Waals surface area contributed by atoms with E-state index >= 15 is 0 Å². The number of nitrogens with zero attached hydrogens (tertiary/aromatic N) is 1. The number of H-pyrrole nitrogens is 1. The van der Waals surface area contributed by atoms with Crippen LogP contribution >= 0.6 is 27.7 Å². The number of amides is 2. The first-order valence-electron chi connectivity index (χ1n) is 5.98. The summed E-state index contributed by atoms with van der Waals surface area (Å²) in [6.45, 7) is 0. The van der Waals surface area contributed by atoms with Crippen LogP contribution in [0.15, 0.2) is 27.7 Å². The Hall–Kier alpha value is -1.86. The van der Waals surface area contributed by atoms with Gasteiger partial charge in [0.05, 0.1) is 4.91 Å². The molecule has 1 N–H and O–H groups in total. The summed E-state index contributed by atoms with van der Waals surface area (Å²) in [5, 5.41) is 0.480. The summed E-state index contributed by atoms with van der Waals surface area (Å²) in [6.07, 6.45) is 4.06. The molecule has 1 aromatic carbocycles. The first-order valence-corrected chi connectivity index (χ1v) is 7.59. The smallest absolute Gasteiger partial charge is 0.293 e. The summed E-state index contributed by atoms with van der Waals surface area (Å²) in [6, 6.07) is 3.65. The van der Waals surface area contributed by atoms with Gasteiger partial charge in [0, 0.05) is 34.2 Å². The third-order valence-corrected chi connectivity index (χ3v) is 4.88. The van der Waals surface area contributed by atoms with E-state index in [1.54, 1.807) is 12.3 Å². The highest BCUT2D eigenvalue weighted by atomic mass is 79.9. The van der Waals surface area contributed by atoms with Crippen molar-refractivity contribution in [1.29, 1.82) is 0 Å². The molecule has 0 saturated carbocycles. The Bertz CT molecular complexity index is 825. The second-order valence-corrected chi connectivity index (χ2v) is 6.37. The van der Waals surface area contributed by atoms with Gasteiger partial charge in [0.1, 0.15) is 0 Å². The Morgan fingerprint density at radius 1 is 1.29 bits per heavy atom. The molecule has 0 radical (unpaired) electrons. The number of imide groups is 1. The van der Waals surface area contributed by atoms with E-state index in [-0.39, 0.29) is 11.1 Å². The summed E-state index contributed by atoms with van der Waals surface area (Å²) in [7, 11) is 1.45. The van der Waals surface area contributed by atoms with Crippen molar-refractivity contribution in [3.8, 4) is 0 Å². The van der Waals surface area contributed by atoms with Crippen LogP contribution in [0.5, 0.6) is 0 Å². The Kier molecular flexibility index (Phi) is 3.46. The minimum atomic E-state index is -0.318. The van der Waals surface area contributed by atoms with Gasteiger partial charge in [-0.05, 0) is 35.5 Å². The van der Waals surface area contributed by atoms with E-state index in [2.05, 4.69) is 20.9 Å². The van der Waals surface area contributed by atoms with Gasteiger partial charge in [0.25, 0.3) is 11.1 Å². The molecule has 2 heterocycles. The number of hydrogen-bond donors (Lipinski definition) is 1. The molecule has 1 aliphatic heterocycles. The van der Waals surface area contributed by atoms with Crippen molar-refractivity contribution in [2.24, 2.45) is 0 Å². The van der Waals surface area contributed by atoms with Crippen molar-refractivity contribution in [2.45, 2.75) is 0 Å². The summed E-state index contributed by atoms with van der Waals surface area (Å²) in [5.41, 5.74) is 2.12. The normalized spacial score (nSPS) is 17.2. The zero-order valence-electron chi connectivity index (χ0n) is 10.8. The summed E-state index contributed by atoms with van der Waals surface area (Å²) < 4.78 is 0.775.